The van der Waals surface area contributed by atoms with Crippen molar-refractivity contribution in [1.82, 2.24) is 14.4 Å². The average Bonchev–Trinajstić information content (AvgIpc) is 2.80. The molecule has 0 spiro atoms. The third kappa shape index (κ3) is 3.41. The van der Waals surface area contributed by atoms with Gasteiger partial charge in [0.1, 0.15) is 5.69 Å². The Morgan fingerprint density at radius 3 is 2.80 bits per heavy atom. The van der Waals surface area contributed by atoms with Crippen molar-refractivity contribution in [2.75, 3.05) is 39.3 Å². The van der Waals surface area contributed by atoms with Crippen LogP contribution in [0.4, 0.5) is 0 Å². The van der Waals surface area contributed by atoms with Crippen LogP contribution >= 0.6 is 0 Å². The maximum atomic E-state index is 12.6. The third-order valence-corrected chi connectivity index (χ3v) is 3.85. The first-order chi connectivity index (χ1) is 9.63. The molecule has 1 fully saturated rings. The highest BCUT2D eigenvalue weighted by atomic mass is 16.3. The molecule has 0 saturated carbocycles. The molecule has 20 heavy (non-hydrogen) atoms. The van der Waals surface area contributed by atoms with Crippen molar-refractivity contribution in [3.05, 3.63) is 24.0 Å². The van der Waals surface area contributed by atoms with Crippen molar-refractivity contribution in [3.63, 3.8) is 0 Å². The van der Waals surface area contributed by atoms with E-state index in [1.54, 1.807) is 0 Å². The molecule has 2 rings (SSSR count). The van der Waals surface area contributed by atoms with Gasteiger partial charge in [0.05, 0.1) is 6.61 Å². The highest BCUT2D eigenvalue weighted by molar-refractivity contribution is 5.92. The molecule has 0 aromatic carbocycles. The maximum absolute atomic E-state index is 12.6. The van der Waals surface area contributed by atoms with Crippen molar-refractivity contribution in [2.24, 2.45) is 0 Å². The van der Waals surface area contributed by atoms with Crippen LogP contribution in [-0.4, -0.2) is 64.7 Å². The van der Waals surface area contributed by atoms with Crippen LogP contribution in [0.2, 0.25) is 0 Å². The standard InChI is InChI=1S/C15H25N3O2/c1-13(2)18-8-3-5-14(18)15(20)17-7-4-6-16(9-10-17)11-12-19/h3,5,8,13,19H,4,6-7,9-12H2,1-2H3. The molecule has 0 bridgehead atoms. The van der Waals surface area contributed by atoms with E-state index in [4.69, 9.17) is 5.11 Å². The van der Waals surface area contributed by atoms with E-state index in [0.29, 0.717) is 12.6 Å². The number of aliphatic hydroxyl groups is 1. The van der Waals surface area contributed by atoms with Gasteiger partial charge in [-0.1, -0.05) is 0 Å². The fourth-order valence-corrected chi connectivity index (χ4v) is 2.73. The second-order valence-corrected chi connectivity index (χ2v) is 5.61. The first-order valence-electron chi connectivity index (χ1n) is 7.43. The normalized spacial score (nSPS) is 17.5. The number of carbonyl (C=O) groups is 1. The second kappa shape index (κ2) is 6.90. The molecule has 0 unspecified atom stereocenters. The number of hydrogen-bond acceptors (Lipinski definition) is 3. The Kier molecular flexibility index (Phi) is 5.20. The minimum atomic E-state index is 0.120. The summed E-state index contributed by atoms with van der Waals surface area (Å²) in [5.41, 5.74) is 0.774. The number of aliphatic hydroxyl groups excluding tert-OH is 1. The molecule has 1 aromatic heterocycles. The van der Waals surface area contributed by atoms with Crippen molar-refractivity contribution in [2.45, 2.75) is 26.3 Å². The van der Waals surface area contributed by atoms with Crippen molar-refractivity contribution in [3.8, 4) is 0 Å². The first-order valence-corrected chi connectivity index (χ1v) is 7.43. The Balaban J connectivity index is 2.04. The van der Waals surface area contributed by atoms with Crippen LogP contribution < -0.4 is 0 Å². The first kappa shape index (κ1) is 15.1. The van der Waals surface area contributed by atoms with Crippen LogP contribution in [0.3, 0.4) is 0 Å². The van der Waals surface area contributed by atoms with Crippen molar-refractivity contribution < 1.29 is 9.90 Å². The highest BCUT2D eigenvalue weighted by Crippen LogP contribution is 2.14. The molecule has 1 aliphatic rings. The zero-order valence-electron chi connectivity index (χ0n) is 12.5. The van der Waals surface area contributed by atoms with Crippen molar-refractivity contribution in [1.29, 1.82) is 0 Å². The maximum Gasteiger partial charge on any atom is 0.270 e. The molecule has 0 radical (unpaired) electrons. The molecule has 1 aromatic rings. The lowest BCUT2D eigenvalue weighted by Gasteiger charge is -2.23. The van der Waals surface area contributed by atoms with Gasteiger partial charge in [-0.2, -0.15) is 0 Å². The molecule has 5 heteroatoms. The predicted octanol–water partition coefficient (Wildman–Crippen LogP) is 1.21. The molecule has 0 aliphatic carbocycles. The van der Waals surface area contributed by atoms with Crippen LogP contribution in [-0.2, 0) is 0 Å². The van der Waals surface area contributed by atoms with E-state index in [9.17, 15) is 4.79 Å². The summed E-state index contributed by atoms with van der Waals surface area (Å²) in [7, 11) is 0. The number of hydrogen-bond donors (Lipinski definition) is 1. The number of carbonyl (C=O) groups excluding carboxylic acids is 1. The van der Waals surface area contributed by atoms with Crippen LogP contribution in [0.15, 0.2) is 18.3 Å². The van der Waals surface area contributed by atoms with Gasteiger partial charge in [-0.15, -0.1) is 0 Å². The van der Waals surface area contributed by atoms with E-state index in [0.717, 1.165) is 38.3 Å². The SMILES string of the molecule is CC(C)n1cccc1C(=O)N1CCCN(CCO)CC1. The van der Waals surface area contributed by atoms with Gasteiger partial charge in [0.25, 0.3) is 5.91 Å². The van der Waals surface area contributed by atoms with Gasteiger partial charge in [0.15, 0.2) is 0 Å². The number of amides is 1. The van der Waals surface area contributed by atoms with Gasteiger partial charge in [-0.3, -0.25) is 9.69 Å². The third-order valence-electron chi connectivity index (χ3n) is 3.85. The summed E-state index contributed by atoms with van der Waals surface area (Å²) in [6, 6.07) is 4.13. The number of aromatic nitrogens is 1. The van der Waals surface area contributed by atoms with E-state index in [1.165, 1.54) is 0 Å². The number of rotatable bonds is 4. The molecular weight excluding hydrogens is 254 g/mol. The summed E-state index contributed by atoms with van der Waals surface area (Å²) in [6.07, 6.45) is 2.93. The Morgan fingerprint density at radius 2 is 2.10 bits per heavy atom. The lowest BCUT2D eigenvalue weighted by atomic mass is 10.3. The molecule has 2 heterocycles. The predicted molar refractivity (Wildman–Crippen MR) is 78.9 cm³/mol. The summed E-state index contributed by atoms with van der Waals surface area (Å²) < 4.78 is 2.03. The minimum Gasteiger partial charge on any atom is -0.395 e. The van der Waals surface area contributed by atoms with E-state index in [-0.39, 0.29) is 12.5 Å². The Morgan fingerprint density at radius 1 is 1.30 bits per heavy atom. The van der Waals surface area contributed by atoms with Crippen LogP contribution in [0, 0.1) is 0 Å². The molecule has 1 N–H and O–H groups in total. The molecule has 5 nitrogen and oxygen atoms in total. The average molecular weight is 279 g/mol. The topological polar surface area (TPSA) is 48.7 Å². The van der Waals surface area contributed by atoms with Crippen molar-refractivity contribution >= 4 is 5.91 Å². The Labute approximate surface area is 120 Å². The summed E-state index contributed by atoms with van der Waals surface area (Å²) in [4.78, 5) is 16.8. The fourth-order valence-electron chi connectivity index (χ4n) is 2.73. The smallest absolute Gasteiger partial charge is 0.270 e. The van der Waals surface area contributed by atoms with E-state index in [2.05, 4.69) is 18.7 Å². The zero-order chi connectivity index (χ0) is 14.5. The van der Waals surface area contributed by atoms with Crippen LogP contribution in [0.5, 0.6) is 0 Å². The molecule has 1 amide bonds. The quantitative estimate of drug-likeness (QED) is 0.901. The largest absolute Gasteiger partial charge is 0.395 e. The Hall–Kier alpha value is -1.33. The zero-order valence-corrected chi connectivity index (χ0v) is 12.5. The fraction of sp³-hybridized carbons (Fsp3) is 0.667. The van der Waals surface area contributed by atoms with E-state index in [1.807, 2.05) is 27.8 Å². The van der Waals surface area contributed by atoms with Crippen LogP contribution in [0.1, 0.15) is 36.8 Å². The summed E-state index contributed by atoms with van der Waals surface area (Å²) in [6.45, 7) is 8.38. The lowest BCUT2D eigenvalue weighted by Crippen LogP contribution is -2.36. The van der Waals surface area contributed by atoms with Gasteiger partial charge >= 0.3 is 0 Å². The number of nitrogens with zero attached hydrogens (tertiary/aromatic N) is 3. The summed E-state index contributed by atoms with van der Waals surface area (Å²) >= 11 is 0. The second-order valence-electron chi connectivity index (χ2n) is 5.61. The molecule has 1 aliphatic heterocycles. The summed E-state index contributed by atoms with van der Waals surface area (Å²) in [5.74, 6) is 0.120. The van der Waals surface area contributed by atoms with E-state index >= 15 is 0 Å². The van der Waals surface area contributed by atoms with E-state index < -0.39 is 0 Å². The highest BCUT2D eigenvalue weighted by Gasteiger charge is 2.22. The minimum absolute atomic E-state index is 0.120. The Bertz CT molecular complexity index is 442. The monoisotopic (exact) mass is 279 g/mol. The van der Waals surface area contributed by atoms with Gasteiger partial charge < -0.3 is 14.6 Å². The van der Waals surface area contributed by atoms with Gasteiger partial charge in [-0.05, 0) is 38.9 Å². The molecule has 112 valence electrons. The van der Waals surface area contributed by atoms with Gasteiger partial charge in [-0.25, -0.2) is 0 Å². The molecule has 0 atom stereocenters. The van der Waals surface area contributed by atoms with Crippen LogP contribution in [0.25, 0.3) is 0 Å². The van der Waals surface area contributed by atoms with Gasteiger partial charge in [0, 0.05) is 38.4 Å². The number of β-amino-alcohol motifs (C(OH)–C–C–N with tert-alkyl or cyclic N) is 1. The molecule has 1 saturated heterocycles. The summed E-state index contributed by atoms with van der Waals surface area (Å²) in [5, 5.41) is 9.01. The molecular formula is C15H25N3O2. The van der Waals surface area contributed by atoms with Gasteiger partial charge in [0.2, 0.25) is 0 Å². The lowest BCUT2D eigenvalue weighted by molar-refractivity contribution is 0.0748.